The number of benzene rings is 1. The molecule has 0 spiro atoms. The van der Waals surface area contributed by atoms with Crippen LogP contribution in [0.3, 0.4) is 0 Å². The van der Waals surface area contributed by atoms with Gasteiger partial charge in [-0.3, -0.25) is 0 Å². The number of hydrazone groups is 1. The number of hydrogen-bond donors (Lipinski definition) is 1. The number of aryl methyl sites for hydroxylation is 1. The zero-order chi connectivity index (χ0) is 8.10. The Morgan fingerprint density at radius 3 is 2.55 bits per heavy atom. The van der Waals surface area contributed by atoms with Gasteiger partial charge < -0.3 is 0 Å². The van der Waals surface area contributed by atoms with Gasteiger partial charge in [0.25, 0.3) is 0 Å². The largest absolute Gasteiger partial charge is 0.250 e. The molecule has 0 atom stereocenters. The molecule has 1 aromatic carbocycles. The van der Waals surface area contributed by atoms with Crippen LogP contribution in [-0.4, -0.2) is 6.21 Å². The predicted octanol–water partition coefficient (Wildman–Crippen LogP) is 2.27. The third kappa shape index (κ3) is 2.88. The molecule has 1 rings (SSSR count). The molecule has 1 N–H and O–H groups in total. The quantitative estimate of drug-likeness (QED) is 0.375. The van der Waals surface area contributed by atoms with E-state index in [0.29, 0.717) is 0 Å². The molecule has 0 fully saturated rings. The van der Waals surface area contributed by atoms with E-state index in [2.05, 4.69) is 27.8 Å². The molecule has 0 heterocycles. The van der Waals surface area contributed by atoms with Gasteiger partial charge >= 0.3 is 0 Å². The number of hydrogen-bond acceptors (Lipinski definition) is 2. The Bertz CT molecular complexity index is 241. The summed E-state index contributed by atoms with van der Waals surface area (Å²) >= 11 is 1.97. The van der Waals surface area contributed by atoms with Crippen LogP contribution in [0.4, 0.5) is 0 Å². The highest BCUT2D eigenvalue weighted by molar-refractivity contribution is 14.1. The molecular weight excluding hydrogens is 251 g/mol. The van der Waals surface area contributed by atoms with Crippen LogP contribution in [-0.2, 0) is 0 Å². The molecule has 11 heavy (non-hydrogen) atoms. The van der Waals surface area contributed by atoms with Gasteiger partial charge in [-0.2, -0.15) is 5.10 Å². The van der Waals surface area contributed by atoms with Crippen molar-refractivity contribution in [1.29, 1.82) is 0 Å². The highest BCUT2D eigenvalue weighted by Gasteiger charge is 1.85. The standard InChI is InChI=1S/C8H9IN2/c1-7-2-4-8(5-3-7)6-10-11-9/h2-6,11H,1H3/b10-6+. The molecule has 0 aromatic heterocycles. The van der Waals surface area contributed by atoms with E-state index in [9.17, 15) is 0 Å². The third-order valence-electron chi connectivity index (χ3n) is 1.34. The van der Waals surface area contributed by atoms with E-state index < -0.39 is 0 Å². The molecule has 0 aliphatic heterocycles. The number of halogens is 1. The smallest absolute Gasteiger partial charge is 0.0750 e. The van der Waals surface area contributed by atoms with Gasteiger partial charge in [-0.05, 0) is 12.5 Å². The monoisotopic (exact) mass is 260 g/mol. The fourth-order valence-corrected chi connectivity index (χ4v) is 0.891. The third-order valence-corrected chi connectivity index (χ3v) is 1.62. The highest BCUT2D eigenvalue weighted by Crippen LogP contribution is 1.99. The van der Waals surface area contributed by atoms with Gasteiger partial charge in [-0.15, -0.1) is 0 Å². The molecule has 0 radical (unpaired) electrons. The van der Waals surface area contributed by atoms with E-state index in [4.69, 9.17) is 0 Å². The van der Waals surface area contributed by atoms with Crippen molar-refractivity contribution in [3.8, 4) is 0 Å². The first-order valence-corrected chi connectivity index (χ1v) is 4.36. The fourth-order valence-electron chi connectivity index (χ4n) is 0.751. The maximum absolute atomic E-state index is 3.88. The summed E-state index contributed by atoms with van der Waals surface area (Å²) in [5, 5.41) is 3.88. The lowest BCUT2D eigenvalue weighted by Crippen LogP contribution is -1.86. The van der Waals surface area contributed by atoms with E-state index in [1.54, 1.807) is 6.21 Å². The van der Waals surface area contributed by atoms with Crippen LogP contribution in [0.15, 0.2) is 29.4 Å². The zero-order valence-corrected chi connectivity index (χ0v) is 8.37. The van der Waals surface area contributed by atoms with Crippen molar-refractivity contribution < 1.29 is 0 Å². The molecule has 0 amide bonds. The molecule has 2 nitrogen and oxygen atoms in total. The summed E-state index contributed by atoms with van der Waals surface area (Å²) in [7, 11) is 0. The van der Waals surface area contributed by atoms with E-state index in [1.165, 1.54) is 5.56 Å². The van der Waals surface area contributed by atoms with Crippen molar-refractivity contribution in [1.82, 2.24) is 3.64 Å². The Morgan fingerprint density at radius 2 is 2.00 bits per heavy atom. The second-order valence-corrected chi connectivity index (χ2v) is 2.74. The van der Waals surface area contributed by atoms with E-state index in [-0.39, 0.29) is 0 Å². The van der Waals surface area contributed by atoms with Crippen molar-refractivity contribution in [3.05, 3.63) is 35.4 Å². The van der Waals surface area contributed by atoms with E-state index >= 15 is 0 Å². The van der Waals surface area contributed by atoms with Crippen molar-refractivity contribution in [2.75, 3.05) is 0 Å². The molecule has 1 aromatic rings. The minimum absolute atomic E-state index is 1.11. The van der Waals surface area contributed by atoms with E-state index in [0.717, 1.165) is 5.56 Å². The Morgan fingerprint density at radius 1 is 1.36 bits per heavy atom. The topological polar surface area (TPSA) is 24.4 Å². The fraction of sp³-hybridized carbons (Fsp3) is 0.125. The minimum Gasteiger partial charge on any atom is -0.250 e. The number of nitrogens with zero attached hydrogens (tertiary/aromatic N) is 1. The molecule has 0 aliphatic rings. The maximum Gasteiger partial charge on any atom is 0.0750 e. The Labute approximate surface area is 80.2 Å². The second kappa shape index (κ2) is 4.33. The Kier molecular flexibility index (Phi) is 3.35. The summed E-state index contributed by atoms with van der Waals surface area (Å²) in [5.74, 6) is 0. The molecule has 0 aliphatic carbocycles. The normalized spacial score (nSPS) is 10.4. The summed E-state index contributed by atoms with van der Waals surface area (Å²) in [5.41, 5.74) is 2.38. The molecule has 58 valence electrons. The van der Waals surface area contributed by atoms with Crippen molar-refractivity contribution >= 4 is 29.1 Å². The number of nitrogens with one attached hydrogen (secondary N) is 1. The lowest BCUT2D eigenvalue weighted by molar-refractivity contribution is 1.18. The van der Waals surface area contributed by atoms with Crippen molar-refractivity contribution in [2.24, 2.45) is 5.10 Å². The molecule has 0 bridgehead atoms. The van der Waals surface area contributed by atoms with Crippen LogP contribution < -0.4 is 3.64 Å². The Hall–Kier alpha value is -0.580. The van der Waals surface area contributed by atoms with Crippen LogP contribution in [0, 0.1) is 6.92 Å². The lowest BCUT2D eigenvalue weighted by atomic mass is 10.2. The summed E-state index contributed by atoms with van der Waals surface area (Å²) in [6.45, 7) is 2.07. The first-order chi connectivity index (χ1) is 5.33. The molecule has 0 saturated carbocycles. The predicted molar refractivity (Wildman–Crippen MR) is 55.9 cm³/mol. The van der Waals surface area contributed by atoms with Crippen LogP contribution >= 0.6 is 22.9 Å². The molecule has 0 saturated heterocycles. The van der Waals surface area contributed by atoms with Crippen LogP contribution in [0.5, 0.6) is 0 Å². The van der Waals surface area contributed by atoms with Crippen LogP contribution in [0.1, 0.15) is 11.1 Å². The molecule has 0 unspecified atom stereocenters. The Balaban J connectivity index is 2.73. The van der Waals surface area contributed by atoms with Gasteiger partial charge in [-0.1, -0.05) is 29.8 Å². The second-order valence-electron chi connectivity index (χ2n) is 2.25. The van der Waals surface area contributed by atoms with Crippen molar-refractivity contribution in [2.45, 2.75) is 6.92 Å². The summed E-state index contributed by atoms with van der Waals surface area (Å²) in [6.07, 6.45) is 1.78. The minimum atomic E-state index is 1.11. The van der Waals surface area contributed by atoms with Gasteiger partial charge in [0.15, 0.2) is 0 Å². The first-order valence-electron chi connectivity index (χ1n) is 3.28. The van der Waals surface area contributed by atoms with Gasteiger partial charge in [-0.25, -0.2) is 3.64 Å². The zero-order valence-electron chi connectivity index (χ0n) is 6.21. The van der Waals surface area contributed by atoms with Gasteiger partial charge in [0.1, 0.15) is 0 Å². The van der Waals surface area contributed by atoms with Crippen molar-refractivity contribution in [3.63, 3.8) is 0 Å². The summed E-state index contributed by atoms with van der Waals surface area (Å²) < 4.78 is 2.67. The highest BCUT2D eigenvalue weighted by atomic mass is 127. The maximum atomic E-state index is 3.88. The summed E-state index contributed by atoms with van der Waals surface area (Å²) in [4.78, 5) is 0. The van der Waals surface area contributed by atoms with Gasteiger partial charge in [0, 0.05) is 0 Å². The first kappa shape index (κ1) is 8.52. The summed E-state index contributed by atoms with van der Waals surface area (Å²) in [6, 6.07) is 8.20. The van der Waals surface area contributed by atoms with Gasteiger partial charge in [0.2, 0.25) is 0 Å². The average molecular weight is 260 g/mol. The average Bonchev–Trinajstić information content (AvgIpc) is 2.04. The van der Waals surface area contributed by atoms with Gasteiger partial charge in [0.05, 0.1) is 29.1 Å². The lowest BCUT2D eigenvalue weighted by Gasteiger charge is -1.92. The molecular formula is C8H9IN2. The van der Waals surface area contributed by atoms with E-state index in [1.807, 2.05) is 35.0 Å². The van der Waals surface area contributed by atoms with Crippen LogP contribution in [0.2, 0.25) is 0 Å². The SMILES string of the molecule is Cc1ccc(/C=N/NI)cc1. The van der Waals surface area contributed by atoms with Crippen LogP contribution in [0.25, 0.3) is 0 Å². The number of rotatable bonds is 2. The molecule has 3 heteroatoms.